The molecule has 0 bridgehead atoms. The molecular formula is C16H13ClN2O2. The van der Waals surface area contributed by atoms with Crippen LogP contribution in [0.15, 0.2) is 42.5 Å². The number of benzene rings is 2. The molecule has 2 rings (SSSR count). The van der Waals surface area contributed by atoms with Gasteiger partial charge in [0.05, 0.1) is 27.9 Å². The van der Waals surface area contributed by atoms with Gasteiger partial charge < -0.3 is 10.4 Å². The molecule has 0 atom stereocenters. The first-order valence-corrected chi connectivity index (χ1v) is 6.73. The van der Waals surface area contributed by atoms with Crippen LogP contribution in [0.2, 0.25) is 5.02 Å². The number of hydrogen-bond acceptors (Lipinski definition) is 3. The Morgan fingerprint density at radius 3 is 2.52 bits per heavy atom. The Bertz CT molecular complexity index is 690. The van der Waals surface area contributed by atoms with Gasteiger partial charge in [0.1, 0.15) is 0 Å². The van der Waals surface area contributed by atoms with Gasteiger partial charge in [-0.15, -0.1) is 0 Å². The Kier molecular flexibility index (Phi) is 4.81. The predicted octanol–water partition coefficient (Wildman–Crippen LogP) is 3.56. The topological polar surface area (TPSA) is 73.1 Å². The van der Waals surface area contributed by atoms with E-state index in [1.165, 1.54) is 0 Å². The van der Waals surface area contributed by atoms with Crippen LogP contribution in [0.5, 0.6) is 0 Å². The summed E-state index contributed by atoms with van der Waals surface area (Å²) in [6, 6.07) is 13.9. The van der Waals surface area contributed by atoms with Crippen LogP contribution in [0, 0.1) is 11.3 Å². The third-order valence-electron chi connectivity index (χ3n) is 3.03. The van der Waals surface area contributed by atoms with Crippen LogP contribution in [0.1, 0.15) is 21.5 Å². The van der Waals surface area contributed by atoms with Crippen LogP contribution in [0.25, 0.3) is 0 Å². The Labute approximate surface area is 127 Å². The van der Waals surface area contributed by atoms with Crippen molar-refractivity contribution in [2.45, 2.75) is 6.42 Å². The summed E-state index contributed by atoms with van der Waals surface area (Å²) in [5.41, 5.74) is 2.62. The van der Waals surface area contributed by atoms with Crippen molar-refractivity contribution in [3.05, 3.63) is 64.2 Å². The highest BCUT2D eigenvalue weighted by atomic mass is 35.5. The highest BCUT2D eigenvalue weighted by Crippen LogP contribution is 2.22. The van der Waals surface area contributed by atoms with Gasteiger partial charge in [-0.1, -0.05) is 23.7 Å². The number of nitrogens with one attached hydrogen (secondary N) is 1. The van der Waals surface area contributed by atoms with Gasteiger partial charge in [-0.3, -0.25) is 0 Å². The molecule has 0 unspecified atom stereocenters. The van der Waals surface area contributed by atoms with Gasteiger partial charge in [-0.2, -0.15) is 5.26 Å². The SMILES string of the molecule is N#Cc1ccc(NCCc2ccc(C(=O)O)cc2)c(Cl)c1. The van der Waals surface area contributed by atoms with Crippen LogP contribution >= 0.6 is 11.6 Å². The fourth-order valence-corrected chi connectivity index (χ4v) is 2.13. The van der Waals surface area contributed by atoms with Gasteiger partial charge in [-0.25, -0.2) is 4.79 Å². The van der Waals surface area contributed by atoms with Crippen molar-refractivity contribution in [3.63, 3.8) is 0 Å². The van der Waals surface area contributed by atoms with E-state index >= 15 is 0 Å². The highest BCUT2D eigenvalue weighted by Gasteiger charge is 2.03. The van der Waals surface area contributed by atoms with Crippen LogP contribution in [0.4, 0.5) is 5.69 Å². The van der Waals surface area contributed by atoms with Gasteiger partial charge in [0, 0.05) is 6.54 Å². The molecule has 0 aromatic heterocycles. The molecule has 5 heteroatoms. The first kappa shape index (κ1) is 14.9. The zero-order chi connectivity index (χ0) is 15.2. The molecule has 0 heterocycles. The van der Waals surface area contributed by atoms with E-state index in [9.17, 15) is 4.79 Å². The lowest BCUT2D eigenvalue weighted by Crippen LogP contribution is -2.05. The number of nitriles is 1. The minimum absolute atomic E-state index is 0.279. The molecule has 0 saturated carbocycles. The Morgan fingerprint density at radius 1 is 1.24 bits per heavy atom. The normalized spacial score (nSPS) is 9.90. The molecule has 0 aliphatic carbocycles. The fraction of sp³-hybridized carbons (Fsp3) is 0.125. The zero-order valence-electron chi connectivity index (χ0n) is 11.1. The monoisotopic (exact) mass is 300 g/mol. The lowest BCUT2D eigenvalue weighted by atomic mass is 10.1. The van der Waals surface area contributed by atoms with Crippen LogP contribution in [-0.4, -0.2) is 17.6 Å². The molecule has 0 amide bonds. The molecule has 106 valence electrons. The Hall–Kier alpha value is -2.51. The van der Waals surface area contributed by atoms with Gasteiger partial charge >= 0.3 is 5.97 Å². The largest absolute Gasteiger partial charge is 0.478 e. The number of carboxylic acid groups (broad SMARTS) is 1. The van der Waals surface area contributed by atoms with E-state index in [1.807, 2.05) is 6.07 Å². The van der Waals surface area contributed by atoms with Crippen LogP contribution < -0.4 is 5.32 Å². The van der Waals surface area contributed by atoms with Gasteiger partial charge in [0.15, 0.2) is 0 Å². The van der Waals surface area contributed by atoms with Crippen molar-refractivity contribution in [1.29, 1.82) is 5.26 Å². The lowest BCUT2D eigenvalue weighted by molar-refractivity contribution is 0.0697. The Balaban J connectivity index is 1.92. The molecular weight excluding hydrogens is 288 g/mol. The molecule has 2 N–H and O–H groups in total. The number of hydrogen-bond donors (Lipinski definition) is 2. The second kappa shape index (κ2) is 6.78. The number of carbonyl (C=O) groups is 1. The Morgan fingerprint density at radius 2 is 1.95 bits per heavy atom. The molecule has 0 saturated heterocycles. The predicted molar refractivity (Wildman–Crippen MR) is 81.8 cm³/mol. The number of halogens is 1. The number of anilines is 1. The molecule has 0 aliphatic heterocycles. The van der Waals surface area contributed by atoms with E-state index in [4.69, 9.17) is 22.0 Å². The van der Waals surface area contributed by atoms with Crippen LogP contribution in [0.3, 0.4) is 0 Å². The lowest BCUT2D eigenvalue weighted by Gasteiger charge is -2.08. The second-order valence-electron chi connectivity index (χ2n) is 4.49. The minimum atomic E-state index is -0.927. The van der Waals surface area contributed by atoms with E-state index in [-0.39, 0.29) is 5.56 Å². The molecule has 0 spiro atoms. The third kappa shape index (κ3) is 3.98. The summed E-state index contributed by atoms with van der Waals surface area (Å²) in [6.07, 6.45) is 0.746. The zero-order valence-corrected chi connectivity index (χ0v) is 11.9. The first-order valence-electron chi connectivity index (χ1n) is 6.36. The van der Waals surface area contributed by atoms with Crippen molar-refractivity contribution >= 4 is 23.3 Å². The quantitative estimate of drug-likeness (QED) is 0.885. The smallest absolute Gasteiger partial charge is 0.335 e. The highest BCUT2D eigenvalue weighted by molar-refractivity contribution is 6.33. The van der Waals surface area contributed by atoms with Crippen molar-refractivity contribution in [2.75, 3.05) is 11.9 Å². The molecule has 4 nitrogen and oxygen atoms in total. The van der Waals surface area contributed by atoms with Crippen molar-refractivity contribution in [3.8, 4) is 6.07 Å². The molecule has 0 fully saturated rings. The van der Waals surface area contributed by atoms with Gasteiger partial charge in [0.25, 0.3) is 0 Å². The average molecular weight is 301 g/mol. The van der Waals surface area contributed by atoms with E-state index in [0.29, 0.717) is 17.1 Å². The third-order valence-corrected chi connectivity index (χ3v) is 3.34. The molecule has 2 aromatic rings. The molecule has 2 aromatic carbocycles. The van der Waals surface area contributed by atoms with Crippen molar-refractivity contribution < 1.29 is 9.90 Å². The van der Waals surface area contributed by atoms with Crippen molar-refractivity contribution in [1.82, 2.24) is 0 Å². The summed E-state index contributed by atoms with van der Waals surface area (Å²) in [5.74, 6) is -0.927. The number of nitrogens with zero attached hydrogens (tertiary/aromatic N) is 1. The summed E-state index contributed by atoms with van der Waals surface area (Å²) >= 11 is 6.07. The average Bonchev–Trinajstić information content (AvgIpc) is 2.49. The van der Waals surface area contributed by atoms with Crippen LogP contribution in [-0.2, 0) is 6.42 Å². The maximum Gasteiger partial charge on any atom is 0.335 e. The summed E-state index contributed by atoms with van der Waals surface area (Å²) in [6.45, 7) is 0.665. The van der Waals surface area contributed by atoms with Gasteiger partial charge in [0.2, 0.25) is 0 Å². The van der Waals surface area contributed by atoms with E-state index in [1.54, 1.807) is 42.5 Å². The molecule has 21 heavy (non-hydrogen) atoms. The number of aromatic carboxylic acids is 1. The van der Waals surface area contributed by atoms with Gasteiger partial charge in [-0.05, 0) is 42.3 Å². The summed E-state index contributed by atoms with van der Waals surface area (Å²) in [7, 11) is 0. The summed E-state index contributed by atoms with van der Waals surface area (Å²) in [5, 5.41) is 21.3. The summed E-state index contributed by atoms with van der Waals surface area (Å²) < 4.78 is 0. The maximum absolute atomic E-state index is 10.8. The van der Waals surface area contributed by atoms with E-state index in [2.05, 4.69) is 5.32 Å². The van der Waals surface area contributed by atoms with Crippen molar-refractivity contribution in [2.24, 2.45) is 0 Å². The number of carboxylic acids is 1. The van der Waals surface area contributed by atoms with E-state index in [0.717, 1.165) is 17.7 Å². The fourth-order valence-electron chi connectivity index (χ4n) is 1.88. The first-order chi connectivity index (χ1) is 10.1. The second-order valence-corrected chi connectivity index (χ2v) is 4.89. The molecule has 0 aliphatic rings. The molecule has 0 radical (unpaired) electrons. The van der Waals surface area contributed by atoms with E-state index < -0.39 is 5.97 Å². The summed E-state index contributed by atoms with van der Waals surface area (Å²) in [4.78, 5) is 10.8. The standard InChI is InChI=1S/C16H13ClN2O2/c17-14-9-12(10-18)3-6-15(14)19-8-7-11-1-4-13(5-2-11)16(20)21/h1-6,9,19H,7-8H2,(H,20,21). The maximum atomic E-state index is 10.8. The minimum Gasteiger partial charge on any atom is -0.478 e. The number of rotatable bonds is 5.